The van der Waals surface area contributed by atoms with Crippen LogP contribution in [0.4, 0.5) is 5.82 Å². The van der Waals surface area contributed by atoms with Crippen molar-refractivity contribution in [1.82, 2.24) is 4.98 Å². The van der Waals surface area contributed by atoms with Crippen LogP contribution in [0.25, 0.3) is 0 Å². The van der Waals surface area contributed by atoms with Crippen LogP contribution in [0.5, 0.6) is 0 Å². The molecular formula is C14H20N2O2S. The van der Waals surface area contributed by atoms with Gasteiger partial charge in [-0.1, -0.05) is 19.4 Å². The SMILES string of the molecule is C=CCSCCNc1cc(C(=O)O)cc(CCC)n1. The highest BCUT2D eigenvalue weighted by Crippen LogP contribution is 2.12. The van der Waals surface area contributed by atoms with Crippen molar-refractivity contribution in [3.05, 3.63) is 36.0 Å². The number of pyridine rings is 1. The van der Waals surface area contributed by atoms with Gasteiger partial charge in [-0.15, -0.1) is 6.58 Å². The predicted molar refractivity (Wildman–Crippen MR) is 81.2 cm³/mol. The maximum atomic E-state index is 11.1. The fourth-order valence-electron chi connectivity index (χ4n) is 1.60. The maximum absolute atomic E-state index is 11.1. The molecule has 0 atom stereocenters. The second-order valence-corrected chi connectivity index (χ2v) is 5.23. The number of anilines is 1. The Morgan fingerprint density at radius 3 is 3.00 bits per heavy atom. The van der Waals surface area contributed by atoms with Crippen molar-refractivity contribution in [3.63, 3.8) is 0 Å². The summed E-state index contributed by atoms with van der Waals surface area (Å²) >= 11 is 1.77. The van der Waals surface area contributed by atoms with Gasteiger partial charge in [0.1, 0.15) is 5.82 Å². The standard InChI is InChI=1S/C14H20N2O2S/c1-3-5-12-9-11(14(17)18)10-13(16-12)15-6-8-19-7-4-2/h4,9-10H,2-3,5-8H2,1H3,(H,15,16)(H,17,18). The molecule has 0 aliphatic heterocycles. The Morgan fingerprint density at radius 1 is 1.58 bits per heavy atom. The first-order valence-electron chi connectivity index (χ1n) is 6.34. The van der Waals surface area contributed by atoms with E-state index in [0.29, 0.717) is 11.4 Å². The van der Waals surface area contributed by atoms with Crippen LogP contribution in [0.2, 0.25) is 0 Å². The summed E-state index contributed by atoms with van der Waals surface area (Å²) in [6.45, 7) is 6.47. The van der Waals surface area contributed by atoms with E-state index in [9.17, 15) is 4.79 Å². The third-order valence-corrected chi connectivity index (χ3v) is 3.38. The number of carboxylic acid groups (broad SMARTS) is 1. The fourth-order valence-corrected chi connectivity index (χ4v) is 2.18. The monoisotopic (exact) mass is 280 g/mol. The van der Waals surface area contributed by atoms with E-state index < -0.39 is 5.97 Å². The van der Waals surface area contributed by atoms with Crippen LogP contribution in [-0.4, -0.2) is 34.1 Å². The number of aromatic nitrogens is 1. The van der Waals surface area contributed by atoms with Gasteiger partial charge in [0.05, 0.1) is 5.56 Å². The van der Waals surface area contributed by atoms with Crippen molar-refractivity contribution < 1.29 is 9.90 Å². The first kappa shape index (κ1) is 15.6. The van der Waals surface area contributed by atoms with E-state index in [4.69, 9.17) is 5.11 Å². The highest BCUT2D eigenvalue weighted by Gasteiger charge is 2.07. The molecule has 4 nitrogen and oxygen atoms in total. The average molecular weight is 280 g/mol. The van der Waals surface area contributed by atoms with Crippen molar-refractivity contribution in [3.8, 4) is 0 Å². The van der Waals surface area contributed by atoms with E-state index in [1.165, 1.54) is 0 Å². The third kappa shape index (κ3) is 5.79. The molecule has 2 N–H and O–H groups in total. The summed E-state index contributed by atoms with van der Waals surface area (Å²) in [6.07, 6.45) is 3.61. The summed E-state index contributed by atoms with van der Waals surface area (Å²) in [6, 6.07) is 3.23. The van der Waals surface area contributed by atoms with Gasteiger partial charge in [-0.2, -0.15) is 11.8 Å². The predicted octanol–water partition coefficient (Wildman–Crippen LogP) is 3.06. The van der Waals surface area contributed by atoms with Gasteiger partial charge in [0.2, 0.25) is 0 Å². The number of hydrogen-bond donors (Lipinski definition) is 2. The zero-order chi connectivity index (χ0) is 14.1. The van der Waals surface area contributed by atoms with Crippen molar-refractivity contribution >= 4 is 23.5 Å². The van der Waals surface area contributed by atoms with Gasteiger partial charge < -0.3 is 10.4 Å². The topological polar surface area (TPSA) is 62.2 Å². The zero-order valence-corrected chi connectivity index (χ0v) is 12.0. The molecule has 1 heterocycles. The Labute approximate surface area is 118 Å². The highest BCUT2D eigenvalue weighted by molar-refractivity contribution is 7.99. The first-order chi connectivity index (χ1) is 9.17. The quantitative estimate of drug-likeness (QED) is 0.537. The molecule has 0 aromatic carbocycles. The number of aryl methyl sites for hydroxylation is 1. The van der Waals surface area contributed by atoms with Crippen molar-refractivity contribution in [1.29, 1.82) is 0 Å². The molecule has 5 heteroatoms. The molecule has 0 amide bonds. The lowest BCUT2D eigenvalue weighted by Gasteiger charge is -2.08. The Morgan fingerprint density at radius 2 is 2.37 bits per heavy atom. The number of nitrogens with zero attached hydrogens (tertiary/aromatic N) is 1. The number of carboxylic acids is 1. The maximum Gasteiger partial charge on any atom is 0.335 e. The molecule has 104 valence electrons. The molecule has 0 bridgehead atoms. The van der Waals surface area contributed by atoms with E-state index >= 15 is 0 Å². The number of rotatable bonds is 9. The largest absolute Gasteiger partial charge is 0.478 e. The van der Waals surface area contributed by atoms with Crippen molar-refractivity contribution in [2.75, 3.05) is 23.4 Å². The van der Waals surface area contributed by atoms with E-state index in [-0.39, 0.29) is 0 Å². The molecule has 1 aromatic rings. The smallest absolute Gasteiger partial charge is 0.335 e. The molecule has 0 saturated carbocycles. The van der Waals surface area contributed by atoms with Crippen molar-refractivity contribution in [2.24, 2.45) is 0 Å². The third-order valence-electron chi connectivity index (χ3n) is 2.42. The minimum Gasteiger partial charge on any atom is -0.478 e. The number of nitrogens with one attached hydrogen (secondary N) is 1. The second kappa shape index (κ2) is 8.58. The number of thioether (sulfide) groups is 1. The fraction of sp³-hybridized carbons (Fsp3) is 0.429. The Kier molecular flexibility index (Phi) is 7.03. The number of hydrogen-bond acceptors (Lipinski definition) is 4. The number of aromatic carboxylic acids is 1. The molecular weight excluding hydrogens is 260 g/mol. The van der Waals surface area contributed by atoms with Gasteiger partial charge in [-0.05, 0) is 18.6 Å². The second-order valence-electron chi connectivity index (χ2n) is 4.08. The minimum absolute atomic E-state index is 0.291. The molecule has 0 fully saturated rings. The molecule has 0 aliphatic carbocycles. The van der Waals surface area contributed by atoms with Crippen LogP contribution in [0.1, 0.15) is 29.4 Å². The zero-order valence-electron chi connectivity index (χ0n) is 11.2. The van der Waals surface area contributed by atoms with Gasteiger partial charge in [0.15, 0.2) is 0 Å². The lowest BCUT2D eigenvalue weighted by Crippen LogP contribution is -2.09. The molecule has 0 radical (unpaired) electrons. The van der Waals surface area contributed by atoms with Gasteiger partial charge >= 0.3 is 5.97 Å². The van der Waals surface area contributed by atoms with E-state index in [2.05, 4.69) is 16.9 Å². The van der Waals surface area contributed by atoms with Crippen LogP contribution in [0.3, 0.4) is 0 Å². The summed E-state index contributed by atoms with van der Waals surface area (Å²) in [7, 11) is 0. The van der Waals surface area contributed by atoms with Crippen molar-refractivity contribution in [2.45, 2.75) is 19.8 Å². The first-order valence-corrected chi connectivity index (χ1v) is 7.49. The summed E-state index contributed by atoms with van der Waals surface area (Å²) in [5.41, 5.74) is 1.11. The molecule has 0 saturated heterocycles. The molecule has 0 unspecified atom stereocenters. The normalized spacial score (nSPS) is 10.2. The lowest BCUT2D eigenvalue weighted by atomic mass is 10.1. The molecule has 0 aliphatic rings. The van der Waals surface area contributed by atoms with Crippen LogP contribution >= 0.6 is 11.8 Å². The van der Waals surface area contributed by atoms with Gasteiger partial charge in [-0.25, -0.2) is 9.78 Å². The summed E-state index contributed by atoms with van der Waals surface area (Å²) in [5.74, 6) is 1.59. The molecule has 0 spiro atoms. The average Bonchev–Trinajstić information content (AvgIpc) is 2.38. The van der Waals surface area contributed by atoms with Gasteiger partial charge in [-0.3, -0.25) is 0 Å². The van der Waals surface area contributed by atoms with E-state index in [1.54, 1.807) is 23.9 Å². The van der Waals surface area contributed by atoms with Gasteiger partial charge in [0, 0.05) is 23.7 Å². The van der Waals surface area contributed by atoms with Crippen LogP contribution in [0.15, 0.2) is 24.8 Å². The van der Waals surface area contributed by atoms with Gasteiger partial charge in [0.25, 0.3) is 0 Å². The molecule has 1 aromatic heterocycles. The van der Waals surface area contributed by atoms with Crippen LogP contribution in [-0.2, 0) is 6.42 Å². The summed E-state index contributed by atoms with van der Waals surface area (Å²) < 4.78 is 0. The molecule has 1 rings (SSSR count). The Balaban J connectivity index is 2.64. The van der Waals surface area contributed by atoms with E-state index in [1.807, 2.05) is 13.0 Å². The van der Waals surface area contributed by atoms with Crippen LogP contribution in [0, 0.1) is 0 Å². The van der Waals surface area contributed by atoms with Crippen LogP contribution < -0.4 is 5.32 Å². The number of carbonyl (C=O) groups is 1. The summed E-state index contributed by atoms with van der Waals surface area (Å²) in [4.78, 5) is 15.5. The highest BCUT2D eigenvalue weighted by atomic mass is 32.2. The lowest BCUT2D eigenvalue weighted by molar-refractivity contribution is 0.0696. The Hall–Kier alpha value is -1.49. The minimum atomic E-state index is -0.913. The molecule has 19 heavy (non-hydrogen) atoms. The summed E-state index contributed by atoms with van der Waals surface area (Å²) in [5, 5.41) is 12.2. The Bertz CT molecular complexity index is 435. The van der Waals surface area contributed by atoms with E-state index in [0.717, 1.165) is 36.6 Å².